The van der Waals surface area contributed by atoms with Crippen molar-refractivity contribution in [2.45, 2.75) is 19.6 Å². The topological polar surface area (TPSA) is 66.9 Å². The molecule has 2 aliphatic heterocycles. The molecule has 1 fully saturated rings. The fourth-order valence-electron chi connectivity index (χ4n) is 4.14. The lowest BCUT2D eigenvalue weighted by molar-refractivity contribution is -0.136. The van der Waals surface area contributed by atoms with E-state index in [1.807, 2.05) is 66.7 Å². The number of hydrogen-bond donors (Lipinski definition) is 0. The molecule has 3 aromatic carbocycles. The highest BCUT2D eigenvalue weighted by molar-refractivity contribution is 14.1. The number of carbonyl (C=O) groups excluding carboxylic acids is 3. The van der Waals surface area contributed by atoms with E-state index in [1.165, 1.54) is 9.13 Å². The fourth-order valence-corrected chi connectivity index (χ4v) is 5.34. The minimum absolute atomic E-state index is 0.220. The van der Waals surface area contributed by atoms with Gasteiger partial charge in [0, 0.05) is 16.7 Å². The van der Waals surface area contributed by atoms with E-state index in [2.05, 4.69) is 28.7 Å². The third kappa shape index (κ3) is 5.65. The maximum Gasteiger partial charge on any atom is 0.294 e. The number of rotatable bonds is 6. The normalized spacial score (nSPS) is 16.4. The molecule has 0 aromatic heterocycles. The van der Waals surface area contributed by atoms with E-state index in [-0.39, 0.29) is 12.5 Å². The predicted molar refractivity (Wildman–Crippen MR) is 148 cm³/mol. The van der Waals surface area contributed by atoms with Crippen molar-refractivity contribution in [1.82, 2.24) is 9.80 Å². The average molecular weight is 610 g/mol. The summed E-state index contributed by atoms with van der Waals surface area (Å²) in [5.41, 5.74) is 4.21. The van der Waals surface area contributed by atoms with E-state index in [0.717, 1.165) is 39.8 Å². The van der Waals surface area contributed by atoms with Crippen molar-refractivity contribution < 1.29 is 19.1 Å². The maximum atomic E-state index is 12.9. The van der Waals surface area contributed by atoms with Crippen molar-refractivity contribution in [2.24, 2.45) is 0 Å². The van der Waals surface area contributed by atoms with Crippen molar-refractivity contribution in [2.75, 3.05) is 13.1 Å². The van der Waals surface area contributed by atoms with E-state index in [1.54, 1.807) is 11.0 Å². The van der Waals surface area contributed by atoms with Gasteiger partial charge in [-0.15, -0.1) is 0 Å². The number of amides is 3. The Balaban J connectivity index is 1.19. The van der Waals surface area contributed by atoms with Crippen molar-refractivity contribution in [3.05, 3.63) is 104 Å². The monoisotopic (exact) mass is 610 g/mol. The number of hydrogen-bond acceptors (Lipinski definition) is 5. The molecular formula is C28H23IN2O4S. The number of benzene rings is 3. The molecule has 182 valence electrons. The van der Waals surface area contributed by atoms with E-state index in [4.69, 9.17) is 4.74 Å². The van der Waals surface area contributed by atoms with Gasteiger partial charge in [-0.25, -0.2) is 0 Å². The Hall–Kier alpha value is -3.11. The zero-order chi connectivity index (χ0) is 25.1. The van der Waals surface area contributed by atoms with Gasteiger partial charge in [-0.2, -0.15) is 0 Å². The number of ether oxygens (including phenoxy) is 1. The highest BCUT2D eigenvalue weighted by atomic mass is 127. The van der Waals surface area contributed by atoms with Crippen LogP contribution >= 0.6 is 34.4 Å². The number of fused-ring (bicyclic) bond motifs is 1. The second-order valence-electron chi connectivity index (χ2n) is 8.59. The molecule has 6 nitrogen and oxygen atoms in total. The minimum Gasteiger partial charge on any atom is -0.489 e. The second-order valence-corrected chi connectivity index (χ2v) is 10.8. The number of carbonyl (C=O) groups is 3. The van der Waals surface area contributed by atoms with Crippen LogP contribution in [-0.2, 0) is 29.2 Å². The Bertz CT molecular complexity index is 1340. The van der Waals surface area contributed by atoms with Crippen LogP contribution < -0.4 is 4.74 Å². The van der Waals surface area contributed by atoms with Gasteiger partial charge in [0.15, 0.2) is 0 Å². The average Bonchev–Trinajstić information content (AvgIpc) is 3.16. The van der Waals surface area contributed by atoms with Gasteiger partial charge in [-0.1, -0.05) is 48.5 Å². The molecule has 0 radical (unpaired) electrons. The first-order valence-corrected chi connectivity index (χ1v) is 13.4. The van der Waals surface area contributed by atoms with E-state index < -0.39 is 11.1 Å². The van der Waals surface area contributed by atoms with Gasteiger partial charge in [0.2, 0.25) is 5.91 Å². The Morgan fingerprint density at radius 2 is 1.69 bits per heavy atom. The summed E-state index contributed by atoms with van der Waals surface area (Å²) >= 11 is 3.13. The Morgan fingerprint density at radius 3 is 2.44 bits per heavy atom. The van der Waals surface area contributed by atoms with Crippen LogP contribution in [0.4, 0.5) is 4.79 Å². The molecular weight excluding hydrogens is 587 g/mol. The molecule has 2 heterocycles. The Labute approximate surface area is 227 Å². The summed E-state index contributed by atoms with van der Waals surface area (Å²) in [4.78, 5) is 41.4. The number of imide groups is 1. The molecule has 0 unspecified atom stereocenters. The number of thioether (sulfide) groups is 1. The Kier molecular flexibility index (Phi) is 7.43. The van der Waals surface area contributed by atoms with Gasteiger partial charge >= 0.3 is 0 Å². The molecule has 8 heteroatoms. The minimum atomic E-state index is -0.435. The van der Waals surface area contributed by atoms with E-state index >= 15 is 0 Å². The van der Waals surface area contributed by atoms with Gasteiger partial charge in [-0.05, 0) is 93.4 Å². The molecule has 0 spiro atoms. The summed E-state index contributed by atoms with van der Waals surface area (Å²) in [5, 5.41) is -0.422. The largest absolute Gasteiger partial charge is 0.489 e. The second kappa shape index (κ2) is 10.9. The lowest BCUT2D eigenvalue weighted by atomic mass is 10.00. The molecule has 3 amide bonds. The first-order valence-electron chi connectivity index (χ1n) is 11.5. The summed E-state index contributed by atoms with van der Waals surface area (Å²) in [6, 6.07) is 23.5. The lowest BCUT2D eigenvalue weighted by Crippen LogP contribution is -2.44. The van der Waals surface area contributed by atoms with Gasteiger partial charge in [0.05, 0.1) is 4.91 Å². The van der Waals surface area contributed by atoms with E-state index in [9.17, 15) is 14.4 Å². The summed E-state index contributed by atoms with van der Waals surface area (Å²) in [5.74, 6) is 0.0602. The van der Waals surface area contributed by atoms with Crippen molar-refractivity contribution >= 4 is 57.5 Å². The molecule has 0 bridgehead atoms. The van der Waals surface area contributed by atoms with Crippen LogP contribution in [0.15, 0.2) is 77.7 Å². The van der Waals surface area contributed by atoms with Crippen LogP contribution in [0.3, 0.4) is 0 Å². The highest BCUT2D eigenvalue weighted by Crippen LogP contribution is 2.32. The van der Waals surface area contributed by atoms with E-state index in [0.29, 0.717) is 30.4 Å². The summed E-state index contributed by atoms with van der Waals surface area (Å²) in [6.45, 7) is 1.31. The molecule has 0 aliphatic carbocycles. The standard InChI is InChI=1S/C28H23IN2O4S/c29-23-9-5-20(6-10-23)18-35-24-11-7-19(8-12-24)15-25-27(33)31(28(34)36-25)17-26(32)30-14-13-21-3-1-2-4-22(21)16-30/h1-12,15H,13-14,16-18H2/b25-15-. The number of nitrogens with zero attached hydrogens (tertiary/aromatic N) is 2. The molecule has 2 aliphatic rings. The quantitative estimate of drug-likeness (QED) is 0.273. The lowest BCUT2D eigenvalue weighted by Gasteiger charge is -2.29. The summed E-state index contributed by atoms with van der Waals surface area (Å²) in [6.07, 6.45) is 2.45. The third-order valence-corrected chi connectivity index (χ3v) is 7.77. The molecule has 3 aromatic rings. The van der Waals surface area contributed by atoms with Crippen LogP contribution in [0, 0.1) is 3.57 Å². The molecule has 1 saturated heterocycles. The Morgan fingerprint density at radius 1 is 0.972 bits per heavy atom. The SMILES string of the molecule is O=C(CN1C(=O)S/C(=C\c2ccc(OCc3ccc(I)cc3)cc2)C1=O)N1CCc2ccccc2C1. The summed E-state index contributed by atoms with van der Waals surface area (Å²) < 4.78 is 7.01. The first kappa shape index (κ1) is 24.6. The molecule has 0 saturated carbocycles. The van der Waals surface area contributed by atoms with Crippen molar-refractivity contribution in [3.63, 3.8) is 0 Å². The van der Waals surface area contributed by atoms with Gasteiger partial charge in [0.25, 0.3) is 11.1 Å². The predicted octanol–water partition coefficient (Wildman–Crippen LogP) is 5.49. The highest BCUT2D eigenvalue weighted by Gasteiger charge is 2.37. The summed E-state index contributed by atoms with van der Waals surface area (Å²) in [7, 11) is 0. The van der Waals surface area contributed by atoms with Crippen LogP contribution in [0.5, 0.6) is 5.75 Å². The maximum absolute atomic E-state index is 12.9. The third-order valence-electron chi connectivity index (χ3n) is 6.15. The fraction of sp³-hybridized carbons (Fsp3) is 0.179. The molecule has 0 N–H and O–H groups in total. The number of halogens is 1. The first-order chi connectivity index (χ1) is 17.5. The van der Waals surface area contributed by atoms with Gasteiger partial charge in [0.1, 0.15) is 18.9 Å². The molecule has 36 heavy (non-hydrogen) atoms. The molecule has 0 atom stereocenters. The van der Waals surface area contributed by atoms with Crippen LogP contribution in [0.25, 0.3) is 6.08 Å². The van der Waals surface area contributed by atoms with Crippen LogP contribution in [0.2, 0.25) is 0 Å². The molecule has 5 rings (SSSR count). The zero-order valence-electron chi connectivity index (χ0n) is 19.4. The smallest absolute Gasteiger partial charge is 0.294 e. The van der Waals surface area contributed by atoms with Crippen LogP contribution in [-0.4, -0.2) is 39.9 Å². The zero-order valence-corrected chi connectivity index (χ0v) is 22.3. The van der Waals surface area contributed by atoms with Crippen molar-refractivity contribution in [1.29, 1.82) is 0 Å². The van der Waals surface area contributed by atoms with Gasteiger partial charge in [-0.3, -0.25) is 19.3 Å². The van der Waals surface area contributed by atoms with Crippen molar-refractivity contribution in [3.8, 4) is 5.75 Å². The van der Waals surface area contributed by atoms with Gasteiger partial charge < -0.3 is 9.64 Å². The van der Waals surface area contributed by atoms with Crippen LogP contribution in [0.1, 0.15) is 22.3 Å².